The summed E-state index contributed by atoms with van der Waals surface area (Å²) in [5, 5.41) is 7.24. The largest absolute Gasteiger partial charge is 0.309 e. The van der Waals surface area contributed by atoms with Crippen LogP contribution in [0.4, 0.5) is 0 Å². The van der Waals surface area contributed by atoms with Crippen LogP contribution in [0.3, 0.4) is 0 Å². The first-order valence-electron chi connectivity index (χ1n) is 20.1. The highest BCUT2D eigenvalue weighted by atomic mass is 15.0. The third-order valence-corrected chi connectivity index (χ3v) is 12.7. The molecule has 12 rings (SSSR count). The highest BCUT2D eigenvalue weighted by Gasteiger charge is 2.36. The second-order valence-corrected chi connectivity index (χ2v) is 16.2. The number of rotatable bonds is 4. The highest BCUT2D eigenvalue weighted by Crippen LogP contribution is 2.50. The zero-order valence-electron chi connectivity index (χ0n) is 32.2. The van der Waals surface area contributed by atoms with E-state index in [1.54, 1.807) is 0 Å². The number of fused-ring (bicyclic) bond motifs is 12. The fourth-order valence-electron chi connectivity index (χ4n) is 9.70. The summed E-state index contributed by atoms with van der Waals surface area (Å²) in [5.74, 6) is 0. The Morgan fingerprint density at radius 2 is 0.845 bits per heavy atom. The molecule has 1 aliphatic carbocycles. The Kier molecular flexibility index (Phi) is 6.98. The molecule has 2 aromatic heterocycles. The Hall–Kier alpha value is -7.36. The molecule has 2 heterocycles. The predicted molar refractivity (Wildman–Crippen MR) is 243 cm³/mol. The van der Waals surface area contributed by atoms with E-state index < -0.39 is 0 Å². The smallest absolute Gasteiger partial charge is 0.0979 e. The van der Waals surface area contributed by atoms with Gasteiger partial charge in [0.1, 0.15) is 0 Å². The maximum atomic E-state index is 5.19. The van der Waals surface area contributed by atoms with Crippen LogP contribution in [0, 0.1) is 0 Å². The molecule has 11 aromatic rings. The van der Waals surface area contributed by atoms with Crippen molar-refractivity contribution in [3.8, 4) is 50.3 Å². The fraction of sp³-hybridized carbons (Fsp3) is 0.0545. The first kappa shape index (κ1) is 32.8. The van der Waals surface area contributed by atoms with Crippen molar-refractivity contribution in [3.63, 3.8) is 0 Å². The van der Waals surface area contributed by atoms with Gasteiger partial charge in [-0.25, -0.2) is 4.98 Å². The van der Waals surface area contributed by atoms with E-state index in [0.717, 1.165) is 33.1 Å². The normalized spacial score (nSPS) is 13.1. The Balaban J connectivity index is 0.842. The van der Waals surface area contributed by atoms with E-state index >= 15 is 0 Å². The Labute approximate surface area is 336 Å². The van der Waals surface area contributed by atoms with Gasteiger partial charge in [-0.05, 0) is 85.6 Å². The third kappa shape index (κ3) is 4.80. The molecule has 3 heteroatoms. The second kappa shape index (κ2) is 12.3. The SMILES string of the molecule is CC1(C)c2cc(-c3ccc(-c4ccc(-c5cnc6c7ccccc7c7ccccc7c6n5)cc4)cc3)ccc2-c2ccc(-n3c4ccccc4c4ccccc43)cc21. The van der Waals surface area contributed by atoms with Crippen LogP contribution in [0.15, 0.2) is 188 Å². The van der Waals surface area contributed by atoms with Crippen LogP contribution in [0.25, 0.3) is 105 Å². The zero-order valence-corrected chi connectivity index (χ0v) is 32.2. The molecule has 0 atom stereocenters. The molecular formula is C55H37N3. The summed E-state index contributed by atoms with van der Waals surface area (Å²) < 4.78 is 2.42. The van der Waals surface area contributed by atoms with Gasteiger partial charge in [-0.3, -0.25) is 4.98 Å². The van der Waals surface area contributed by atoms with Crippen molar-refractivity contribution in [3.05, 3.63) is 199 Å². The third-order valence-electron chi connectivity index (χ3n) is 12.7. The molecule has 0 radical (unpaired) electrons. The van der Waals surface area contributed by atoms with E-state index in [9.17, 15) is 0 Å². The molecule has 3 nitrogen and oxygen atoms in total. The predicted octanol–water partition coefficient (Wildman–Crippen LogP) is 14.3. The summed E-state index contributed by atoms with van der Waals surface area (Å²) in [7, 11) is 0. The maximum absolute atomic E-state index is 5.19. The van der Waals surface area contributed by atoms with Crippen molar-refractivity contribution in [2.75, 3.05) is 0 Å². The van der Waals surface area contributed by atoms with Gasteiger partial charge in [-0.15, -0.1) is 0 Å². The lowest BCUT2D eigenvalue weighted by Crippen LogP contribution is -2.15. The number of hydrogen-bond donors (Lipinski definition) is 0. The van der Waals surface area contributed by atoms with Crippen molar-refractivity contribution in [2.45, 2.75) is 19.3 Å². The Morgan fingerprint density at radius 1 is 0.397 bits per heavy atom. The Bertz CT molecular complexity index is 3370. The van der Waals surface area contributed by atoms with Crippen molar-refractivity contribution >= 4 is 54.4 Å². The lowest BCUT2D eigenvalue weighted by atomic mass is 9.81. The van der Waals surface area contributed by atoms with Gasteiger partial charge in [-0.1, -0.05) is 166 Å². The number of nitrogens with zero attached hydrogens (tertiary/aromatic N) is 3. The van der Waals surface area contributed by atoms with Gasteiger partial charge in [0.25, 0.3) is 0 Å². The van der Waals surface area contributed by atoms with Crippen LogP contribution >= 0.6 is 0 Å². The molecule has 0 aliphatic heterocycles. The molecule has 0 amide bonds. The number of aromatic nitrogens is 3. The summed E-state index contributed by atoms with van der Waals surface area (Å²) in [4.78, 5) is 10.2. The van der Waals surface area contributed by atoms with Crippen LogP contribution in [-0.2, 0) is 5.41 Å². The maximum Gasteiger partial charge on any atom is 0.0979 e. The van der Waals surface area contributed by atoms with Gasteiger partial charge < -0.3 is 4.57 Å². The summed E-state index contributed by atoms with van der Waals surface area (Å²) in [6.45, 7) is 4.75. The van der Waals surface area contributed by atoms with Crippen molar-refractivity contribution < 1.29 is 0 Å². The average molecular weight is 740 g/mol. The lowest BCUT2D eigenvalue weighted by Gasteiger charge is -2.23. The summed E-state index contributed by atoms with van der Waals surface area (Å²) in [6, 6.07) is 66.2. The molecule has 0 spiro atoms. The molecule has 0 saturated heterocycles. The topological polar surface area (TPSA) is 30.7 Å². The monoisotopic (exact) mass is 739 g/mol. The fourth-order valence-corrected chi connectivity index (χ4v) is 9.70. The molecule has 0 fully saturated rings. The van der Waals surface area contributed by atoms with Crippen molar-refractivity contribution in [1.82, 2.24) is 14.5 Å². The van der Waals surface area contributed by atoms with Gasteiger partial charge in [0, 0.05) is 38.2 Å². The first-order valence-corrected chi connectivity index (χ1v) is 20.1. The molecule has 58 heavy (non-hydrogen) atoms. The second-order valence-electron chi connectivity index (χ2n) is 16.2. The van der Waals surface area contributed by atoms with Gasteiger partial charge in [0.15, 0.2) is 0 Å². The zero-order chi connectivity index (χ0) is 38.5. The van der Waals surface area contributed by atoms with Crippen LogP contribution in [-0.4, -0.2) is 14.5 Å². The van der Waals surface area contributed by atoms with E-state index in [0.29, 0.717) is 0 Å². The molecule has 1 aliphatic rings. The lowest BCUT2D eigenvalue weighted by molar-refractivity contribution is 0.660. The molecule has 0 N–H and O–H groups in total. The summed E-state index contributed by atoms with van der Waals surface area (Å²) in [6.07, 6.45) is 1.91. The van der Waals surface area contributed by atoms with Crippen LogP contribution in [0.2, 0.25) is 0 Å². The average Bonchev–Trinajstić information content (AvgIpc) is 3.74. The standard InChI is InChI=1S/C55H37N3/c1-55(2)48-31-38(27-29-42(48)43-30-28-39(32-49(43)55)58-51-17-9-7-13-44(51)45-14-8-10-18-52(45)58)36-21-19-34(20-22-36)35-23-25-37(26-24-35)50-33-56-53-46-15-5-3-11-40(46)41-12-4-6-16-47(41)54(53)57-50/h3-33H,1-2H3. The molecular weight excluding hydrogens is 703 g/mol. The van der Waals surface area contributed by atoms with Gasteiger partial charge in [0.2, 0.25) is 0 Å². The van der Waals surface area contributed by atoms with Crippen LogP contribution < -0.4 is 0 Å². The minimum absolute atomic E-state index is 0.145. The number of para-hydroxylation sites is 2. The van der Waals surface area contributed by atoms with E-state index in [2.05, 4.69) is 200 Å². The molecule has 0 unspecified atom stereocenters. The minimum Gasteiger partial charge on any atom is -0.309 e. The number of hydrogen-bond acceptors (Lipinski definition) is 2. The van der Waals surface area contributed by atoms with Gasteiger partial charge >= 0.3 is 0 Å². The van der Waals surface area contributed by atoms with Gasteiger partial charge in [0.05, 0.1) is 34.0 Å². The van der Waals surface area contributed by atoms with Crippen molar-refractivity contribution in [2.24, 2.45) is 0 Å². The molecule has 0 bridgehead atoms. The Morgan fingerprint density at radius 3 is 1.45 bits per heavy atom. The minimum atomic E-state index is -0.145. The molecule has 9 aromatic carbocycles. The van der Waals surface area contributed by atoms with Crippen LogP contribution in [0.5, 0.6) is 0 Å². The van der Waals surface area contributed by atoms with E-state index in [4.69, 9.17) is 9.97 Å². The molecule has 0 saturated carbocycles. The summed E-state index contributed by atoms with van der Waals surface area (Å²) in [5.41, 5.74) is 17.5. The highest BCUT2D eigenvalue weighted by molar-refractivity contribution is 6.23. The first-order chi connectivity index (χ1) is 28.5. The summed E-state index contributed by atoms with van der Waals surface area (Å²) >= 11 is 0. The molecule has 272 valence electrons. The van der Waals surface area contributed by atoms with E-state index in [1.807, 2.05) is 6.20 Å². The van der Waals surface area contributed by atoms with Gasteiger partial charge in [-0.2, -0.15) is 0 Å². The van der Waals surface area contributed by atoms with Crippen molar-refractivity contribution in [1.29, 1.82) is 0 Å². The van der Waals surface area contributed by atoms with Crippen LogP contribution in [0.1, 0.15) is 25.0 Å². The van der Waals surface area contributed by atoms with E-state index in [-0.39, 0.29) is 5.41 Å². The number of benzene rings is 9. The van der Waals surface area contributed by atoms with E-state index in [1.165, 1.54) is 82.8 Å². The quantitative estimate of drug-likeness (QED) is 0.168.